The van der Waals surface area contributed by atoms with Gasteiger partial charge in [0.05, 0.1) is 25.0 Å². The summed E-state index contributed by atoms with van der Waals surface area (Å²) in [7, 11) is 0. The molecule has 51 heavy (non-hydrogen) atoms. The van der Waals surface area contributed by atoms with Gasteiger partial charge in [0.15, 0.2) is 0 Å². The number of nitrogens with one attached hydrogen (secondary N) is 1. The number of hydrogen-bond donors (Lipinski definition) is 5. The maximum absolute atomic E-state index is 14.3. The van der Waals surface area contributed by atoms with Gasteiger partial charge in [0.1, 0.15) is 29.0 Å². The maximum atomic E-state index is 14.3. The number of Topliss-reactive ketones (excluding diaryl/α,β-unsaturated/α-hetero) is 1. The number of ether oxygens (including phenoxy) is 2. The predicted molar refractivity (Wildman–Crippen MR) is 188 cm³/mol. The molecular formula is C41H47NO9. The summed E-state index contributed by atoms with van der Waals surface area (Å²) < 4.78 is 12.0. The summed E-state index contributed by atoms with van der Waals surface area (Å²) in [6.07, 6.45) is 4.08. The van der Waals surface area contributed by atoms with Crippen LogP contribution < -0.4 is 10.1 Å². The molecule has 7 rings (SSSR count). The Labute approximate surface area is 298 Å². The van der Waals surface area contributed by atoms with Gasteiger partial charge in [-0.3, -0.25) is 9.59 Å². The molecule has 0 radical (unpaired) electrons. The molecule has 0 amide bonds. The van der Waals surface area contributed by atoms with E-state index in [1.807, 2.05) is 12.1 Å². The fraction of sp³-hybridized carbons (Fsp3) is 0.537. The number of fused-ring (bicyclic) bond motifs is 1. The van der Waals surface area contributed by atoms with Crippen LogP contribution >= 0.6 is 0 Å². The predicted octanol–water partition coefficient (Wildman–Crippen LogP) is 4.81. The van der Waals surface area contributed by atoms with E-state index in [9.17, 15) is 34.8 Å². The highest BCUT2D eigenvalue weighted by molar-refractivity contribution is 5.89. The molecule has 2 aliphatic heterocycles. The van der Waals surface area contributed by atoms with Gasteiger partial charge in [-0.2, -0.15) is 0 Å². The summed E-state index contributed by atoms with van der Waals surface area (Å²) >= 11 is 0. The van der Waals surface area contributed by atoms with Crippen LogP contribution in [0.25, 0.3) is 0 Å². The Kier molecular flexibility index (Phi) is 9.74. The van der Waals surface area contributed by atoms with E-state index in [0.717, 1.165) is 24.8 Å². The molecule has 270 valence electrons. The SMILES string of the molecule is CC=C1CC(c2cc(CO)cc(NCC(C)O)c2)C#CC2CC(=O)Oc3cc(O)c(cc32)CC(C2(O)CCC3CCC4CC(=O)CC3C42)OC1=O. The first kappa shape index (κ1) is 35.2. The largest absolute Gasteiger partial charge is 0.508 e. The summed E-state index contributed by atoms with van der Waals surface area (Å²) in [4.78, 5) is 39.8. The lowest BCUT2D eigenvalue weighted by atomic mass is 9.49. The van der Waals surface area contributed by atoms with Crippen LogP contribution in [0.15, 0.2) is 42.0 Å². The molecule has 0 saturated heterocycles. The lowest BCUT2D eigenvalue weighted by molar-refractivity contribution is -0.212. The first-order chi connectivity index (χ1) is 24.4. The molecule has 0 spiro atoms. The van der Waals surface area contributed by atoms with Crippen molar-refractivity contribution in [2.24, 2.45) is 23.7 Å². The van der Waals surface area contributed by atoms with Crippen molar-refractivity contribution in [3.63, 3.8) is 0 Å². The third-order valence-corrected chi connectivity index (χ3v) is 12.0. The van der Waals surface area contributed by atoms with Crippen LogP contribution in [0.1, 0.15) is 99.3 Å². The Morgan fingerprint density at radius 1 is 0.980 bits per heavy atom. The van der Waals surface area contributed by atoms with Gasteiger partial charge >= 0.3 is 11.9 Å². The Morgan fingerprint density at radius 3 is 2.53 bits per heavy atom. The number of benzene rings is 2. The number of esters is 2. The van der Waals surface area contributed by atoms with Crippen molar-refractivity contribution in [2.75, 3.05) is 11.9 Å². The average Bonchev–Trinajstić information content (AvgIpc) is 3.09. The van der Waals surface area contributed by atoms with Crippen LogP contribution in [0, 0.1) is 35.5 Å². The second-order valence-corrected chi connectivity index (χ2v) is 15.3. The summed E-state index contributed by atoms with van der Waals surface area (Å²) in [5.41, 5.74) is 2.02. The molecule has 2 aromatic carbocycles. The van der Waals surface area contributed by atoms with Crippen LogP contribution in [-0.2, 0) is 32.1 Å². The Bertz CT molecular complexity index is 1820. The molecule has 3 fully saturated rings. The number of hydrogen-bond acceptors (Lipinski definition) is 10. The highest BCUT2D eigenvalue weighted by Gasteiger charge is 2.60. The molecular weight excluding hydrogens is 650 g/mol. The number of cyclic esters (lactones) is 1. The fourth-order valence-corrected chi connectivity index (χ4v) is 9.54. The zero-order valence-electron chi connectivity index (χ0n) is 29.2. The monoisotopic (exact) mass is 697 g/mol. The van der Waals surface area contributed by atoms with Crippen molar-refractivity contribution in [3.8, 4) is 23.3 Å². The minimum absolute atomic E-state index is 0.00333. The van der Waals surface area contributed by atoms with Crippen molar-refractivity contribution < 1.29 is 44.3 Å². The average molecular weight is 698 g/mol. The number of carbonyl (C=O) groups is 3. The second kappa shape index (κ2) is 14.1. The van der Waals surface area contributed by atoms with E-state index < -0.39 is 41.6 Å². The van der Waals surface area contributed by atoms with Crippen molar-refractivity contribution in [1.29, 1.82) is 0 Å². The highest BCUT2D eigenvalue weighted by atomic mass is 16.6. The molecule has 9 atom stereocenters. The number of aliphatic hydroxyl groups is 3. The van der Waals surface area contributed by atoms with Crippen LogP contribution in [-0.4, -0.2) is 62.5 Å². The van der Waals surface area contributed by atoms with Crippen LogP contribution in [0.3, 0.4) is 0 Å². The van der Waals surface area contributed by atoms with Gasteiger partial charge in [-0.05, 0) is 105 Å². The third-order valence-electron chi connectivity index (χ3n) is 12.0. The Hall–Kier alpha value is -4.17. The molecule has 9 unspecified atom stereocenters. The van der Waals surface area contributed by atoms with E-state index in [1.165, 1.54) is 6.07 Å². The molecule has 3 aliphatic carbocycles. The quantitative estimate of drug-likeness (QED) is 0.123. The first-order valence-electron chi connectivity index (χ1n) is 18.3. The first-order valence-corrected chi connectivity index (χ1v) is 18.3. The number of allylic oxidation sites excluding steroid dienone is 1. The van der Waals surface area contributed by atoms with Gasteiger partial charge in [0.2, 0.25) is 0 Å². The van der Waals surface area contributed by atoms with Gasteiger partial charge in [0.25, 0.3) is 0 Å². The van der Waals surface area contributed by atoms with Gasteiger partial charge in [-0.1, -0.05) is 24.0 Å². The van der Waals surface area contributed by atoms with Crippen LogP contribution in [0.2, 0.25) is 0 Å². The standard InChI is InChI=1S/C41H47NO9/c1-3-24-12-26(29-10-23(21-43)11-31(13-29)42-20-22(2)44)5-6-27-17-38(47)50-36-19-35(46)30(15-33(27)36)16-37(51-40(24)48)41(49)9-8-25-4-7-28-14-32(45)18-34(25)39(28)41/h3,10-11,13,15,19,22,25-28,34,37,39,42-44,46,49H,4,7-9,12,14,16-18,20-21H2,1-2H3. The fourth-order valence-electron chi connectivity index (χ4n) is 9.54. The van der Waals surface area contributed by atoms with E-state index in [-0.39, 0.29) is 67.5 Å². The van der Waals surface area contributed by atoms with E-state index in [1.54, 1.807) is 32.1 Å². The maximum Gasteiger partial charge on any atom is 0.334 e. The molecule has 10 nitrogen and oxygen atoms in total. The van der Waals surface area contributed by atoms with Gasteiger partial charge < -0.3 is 35.2 Å². The molecule has 3 saturated carbocycles. The van der Waals surface area contributed by atoms with Gasteiger partial charge in [0, 0.05) is 54.6 Å². The number of carbonyl (C=O) groups excluding carboxylic acids is 3. The summed E-state index contributed by atoms with van der Waals surface area (Å²) in [6, 6.07) is 8.66. The lowest BCUT2D eigenvalue weighted by Gasteiger charge is -2.58. The Balaban J connectivity index is 1.33. The molecule has 5 aliphatic rings. The molecule has 10 heteroatoms. The van der Waals surface area contributed by atoms with Crippen LogP contribution in [0.4, 0.5) is 5.69 Å². The number of aliphatic hydroxyl groups excluding tert-OH is 2. The second-order valence-electron chi connectivity index (χ2n) is 15.3. The van der Waals surface area contributed by atoms with Gasteiger partial charge in [-0.15, -0.1) is 0 Å². The molecule has 0 aromatic heterocycles. The zero-order valence-corrected chi connectivity index (χ0v) is 29.2. The van der Waals surface area contributed by atoms with E-state index in [0.29, 0.717) is 53.1 Å². The topological polar surface area (TPSA) is 163 Å². The summed E-state index contributed by atoms with van der Waals surface area (Å²) in [5.74, 6) is 4.88. The van der Waals surface area contributed by atoms with E-state index in [2.05, 4.69) is 17.2 Å². The zero-order chi connectivity index (χ0) is 36.0. The van der Waals surface area contributed by atoms with Crippen molar-refractivity contribution in [1.82, 2.24) is 0 Å². The highest BCUT2D eigenvalue weighted by Crippen LogP contribution is 2.58. The minimum atomic E-state index is -1.42. The molecule has 6 bridgehead atoms. The van der Waals surface area contributed by atoms with Gasteiger partial charge in [-0.25, -0.2) is 4.79 Å². The van der Waals surface area contributed by atoms with E-state index >= 15 is 0 Å². The number of aromatic hydroxyl groups is 1. The van der Waals surface area contributed by atoms with E-state index in [4.69, 9.17) is 9.47 Å². The van der Waals surface area contributed by atoms with Crippen LogP contribution in [0.5, 0.6) is 11.5 Å². The minimum Gasteiger partial charge on any atom is -0.508 e. The number of ketones is 1. The molecule has 2 aromatic rings. The molecule has 5 N–H and O–H groups in total. The van der Waals surface area contributed by atoms with Crippen molar-refractivity contribution in [3.05, 3.63) is 64.2 Å². The number of phenolic OH excluding ortho intramolecular Hbond substituents is 1. The summed E-state index contributed by atoms with van der Waals surface area (Å²) in [5, 5.41) is 47.3. The Morgan fingerprint density at radius 2 is 1.76 bits per heavy atom. The third kappa shape index (κ3) is 6.92. The van der Waals surface area contributed by atoms with Crippen molar-refractivity contribution in [2.45, 2.75) is 108 Å². The molecule has 2 heterocycles. The number of phenols is 1. The number of anilines is 1. The summed E-state index contributed by atoms with van der Waals surface area (Å²) in [6.45, 7) is 3.47. The smallest absolute Gasteiger partial charge is 0.334 e. The number of rotatable bonds is 6. The normalized spacial score (nSPS) is 33.0. The van der Waals surface area contributed by atoms with Crippen molar-refractivity contribution >= 4 is 23.4 Å². The lowest BCUT2D eigenvalue weighted by Crippen LogP contribution is -2.63.